The zero-order valence-corrected chi connectivity index (χ0v) is 24.3. The van der Waals surface area contributed by atoms with E-state index in [1.807, 2.05) is 6.07 Å². The van der Waals surface area contributed by atoms with Gasteiger partial charge in [0.25, 0.3) is 0 Å². The van der Waals surface area contributed by atoms with E-state index in [1.165, 1.54) is 44.2 Å². The van der Waals surface area contributed by atoms with Crippen molar-refractivity contribution in [1.29, 1.82) is 0 Å². The first-order valence-electron chi connectivity index (χ1n) is 14.8. The molecule has 0 bridgehead atoms. The fourth-order valence-electron chi connectivity index (χ4n) is 6.77. The lowest BCUT2D eigenvalue weighted by Gasteiger charge is -2.24. The first-order chi connectivity index (χ1) is 21.1. The predicted molar refractivity (Wildman–Crippen MR) is 179 cm³/mol. The van der Waals surface area contributed by atoms with Gasteiger partial charge in [0.05, 0.1) is 11.4 Å². The maximum atomic E-state index is 5.30. The molecule has 0 atom stereocenters. The SMILES string of the molecule is CC1(C)c2ccccc2-c2c(-c3nc(-c4ccccc4)cc(-c4ccc(-c5ccccc5)cc4)n3)cc3ccccc3c21. The maximum absolute atomic E-state index is 5.30. The number of aromatic nitrogens is 2. The highest BCUT2D eigenvalue weighted by atomic mass is 14.9. The molecule has 204 valence electrons. The van der Waals surface area contributed by atoms with Crippen LogP contribution in [0.1, 0.15) is 25.0 Å². The second-order valence-electron chi connectivity index (χ2n) is 11.8. The van der Waals surface area contributed by atoms with Gasteiger partial charge in [-0.1, -0.05) is 147 Å². The molecule has 1 heterocycles. The summed E-state index contributed by atoms with van der Waals surface area (Å²) in [6.07, 6.45) is 0. The molecule has 0 unspecified atom stereocenters. The van der Waals surface area contributed by atoms with Crippen LogP contribution in [0.15, 0.2) is 146 Å². The van der Waals surface area contributed by atoms with Crippen molar-refractivity contribution in [2.75, 3.05) is 0 Å². The third kappa shape index (κ3) is 4.18. The van der Waals surface area contributed by atoms with Crippen LogP contribution in [0.4, 0.5) is 0 Å². The lowest BCUT2D eigenvalue weighted by molar-refractivity contribution is 0.666. The molecule has 43 heavy (non-hydrogen) atoms. The molecule has 0 radical (unpaired) electrons. The molecule has 0 amide bonds. The highest BCUT2D eigenvalue weighted by Gasteiger charge is 2.38. The molecule has 0 aliphatic heterocycles. The number of fused-ring (bicyclic) bond motifs is 5. The topological polar surface area (TPSA) is 25.8 Å². The van der Waals surface area contributed by atoms with E-state index in [1.54, 1.807) is 0 Å². The molecule has 7 aromatic rings. The van der Waals surface area contributed by atoms with Gasteiger partial charge in [-0.3, -0.25) is 0 Å². The molecular formula is C41H30N2. The second-order valence-corrected chi connectivity index (χ2v) is 11.8. The van der Waals surface area contributed by atoms with E-state index in [2.05, 4.69) is 153 Å². The molecule has 0 saturated carbocycles. The van der Waals surface area contributed by atoms with Gasteiger partial charge < -0.3 is 0 Å². The van der Waals surface area contributed by atoms with Gasteiger partial charge in [0, 0.05) is 22.1 Å². The van der Waals surface area contributed by atoms with Gasteiger partial charge in [0.2, 0.25) is 0 Å². The van der Waals surface area contributed by atoms with Crippen LogP contribution >= 0.6 is 0 Å². The Bertz CT molecular complexity index is 2130. The molecule has 1 aromatic heterocycles. The van der Waals surface area contributed by atoms with E-state index >= 15 is 0 Å². The molecule has 2 heteroatoms. The van der Waals surface area contributed by atoms with Gasteiger partial charge in [-0.05, 0) is 56.3 Å². The van der Waals surface area contributed by atoms with Gasteiger partial charge in [-0.2, -0.15) is 0 Å². The molecule has 1 aliphatic carbocycles. The zero-order valence-electron chi connectivity index (χ0n) is 24.3. The van der Waals surface area contributed by atoms with Crippen LogP contribution in [0.25, 0.3) is 66.9 Å². The normalized spacial score (nSPS) is 13.1. The van der Waals surface area contributed by atoms with E-state index in [0.29, 0.717) is 0 Å². The Labute approximate surface area is 252 Å². The van der Waals surface area contributed by atoms with E-state index < -0.39 is 0 Å². The minimum absolute atomic E-state index is 0.144. The van der Waals surface area contributed by atoms with Crippen LogP contribution in [0.2, 0.25) is 0 Å². The predicted octanol–water partition coefficient (Wildman–Crippen LogP) is 10.6. The number of hydrogen-bond donors (Lipinski definition) is 0. The summed E-state index contributed by atoms with van der Waals surface area (Å²) in [5.74, 6) is 0.748. The van der Waals surface area contributed by atoms with Crippen molar-refractivity contribution in [2.24, 2.45) is 0 Å². The molecule has 6 aromatic carbocycles. The number of nitrogens with zero attached hydrogens (tertiary/aromatic N) is 2. The van der Waals surface area contributed by atoms with Crippen LogP contribution in [0, 0.1) is 0 Å². The highest BCUT2D eigenvalue weighted by molar-refractivity contribution is 6.04. The van der Waals surface area contributed by atoms with Crippen molar-refractivity contribution in [3.8, 4) is 56.2 Å². The molecule has 8 rings (SSSR count). The highest BCUT2D eigenvalue weighted by Crippen LogP contribution is 2.54. The summed E-state index contributed by atoms with van der Waals surface area (Å²) in [7, 11) is 0. The summed E-state index contributed by atoms with van der Waals surface area (Å²) in [4.78, 5) is 10.6. The fraction of sp³-hybridized carbons (Fsp3) is 0.0732. The summed E-state index contributed by atoms with van der Waals surface area (Å²) in [5.41, 5.74) is 12.5. The Kier molecular flexibility index (Phi) is 5.84. The quantitative estimate of drug-likeness (QED) is 0.218. The summed E-state index contributed by atoms with van der Waals surface area (Å²) in [5, 5.41) is 2.50. The summed E-state index contributed by atoms with van der Waals surface area (Å²) in [6, 6.07) is 51.6. The number of benzene rings is 6. The monoisotopic (exact) mass is 550 g/mol. The van der Waals surface area contributed by atoms with Crippen molar-refractivity contribution in [2.45, 2.75) is 19.3 Å². The Morgan fingerprint density at radius 3 is 1.72 bits per heavy atom. The van der Waals surface area contributed by atoms with Gasteiger partial charge >= 0.3 is 0 Å². The minimum atomic E-state index is -0.144. The van der Waals surface area contributed by atoms with E-state index in [4.69, 9.17) is 9.97 Å². The first kappa shape index (κ1) is 25.4. The summed E-state index contributed by atoms with van der Waals surface area (Å²) < 4.78 is 0. The molecule has 0 spiro atoms. The summed E-state index contributed by atoms with van der Waals surface area (Å²) in [6.45, 7) is 4.68. The van der Waals surface area contributed by atoms with Crippen LogP contribution in [-0.4, -0.2) is 9.97 Å². The van der Waals surface area contributed by atoms with E-state index in [-0.39, 0.29) is 5.41 Å². The van der Waals surface area contributed by atoms with Gasteiger partial charge in [0.1, 0.15) is 0 Å². The van der Waals surface area contributed by atoms with Gasteiger partial charge in [0.15, 0.2) is 5.82 Å². The van der Waals surface area contributed by atoms with Crippen LogP contribution in [0.5, 0.6) is 0 Å². The molecule has 0 saturated heterocycles. The maximum Gasteiger partial charge on any atom is 0.161 e. The molecular weight excluding hydrogens is 520 g/mol. The Morgan fingerprint density at radius 1 is 0.465 bits per heavy atom. The lowest BCUT2D eigenvalue weighted by Crippen LogP contribution is -2.15. The van der Waals surface area contributed by atoms with E-state index in [0.717, 1.165) is 33.9 Å². The van der Waals surface area contributed by atoms with E-state index in [9.17, 15) is 0 Å². The van der Waals surface area contributed by atoms with Crippen LogP contribution < -0.4 is 0 Å². The Morgan fingerprint density at radius 2 is 1.00 bits per heavy atom. The van der Waals surface area contributed by atoms with Crippen molar-refractivity contribution >= 4 is 10.8 Å². The van der Waals surface area contributed by atoms with Crippen molar-refractivity contribution in [1.82, 2.24) is 9.97 Å². The fourth-order valence-corrected chi connectivity index (χ4v) is 6.77. The average Bonchev–Trinajstić information content (AvgIpc) is 3.32. The number of rotatable bonds is 4. The standard InChI is InChI=1S/C41H30N2/c1-41(2)35-20-12-11-19-33(35)38-34(25-31-17-9-10-18-32(31)39(38)41)40-42-36(29-15-7-4-8-16-29)26-37(43-40)30-23-21-28(22-24-30)27-13-5-3-6-14-27/h3-26H,1-2H3. The van der Waals surface area contributed by atoms with Crippen molar-refractivity contribution in [3.63, 3.8) is 0 Å². The van der Waals surface area contributed by atoms with Gasteiger partial charge in [-0.25, -0.2) is 9.97 Å². The smallest absolute Gasteiger partial charge is 0.161 e. The minimum Gasteiger partial charge on any atom is -0.228 e. The third-order valence-corrected chi connectivity index (χ3v) is 8.87. The second kappa shape index (κ2) is 9.89. The van der Waals surface area contributed by atoms with Crippen molar-refractivity contribution in [3.05, 3.63) is 157 Å². The molecule has 2 nitrogen and oxygen atoms in total. The first-order valence-corrected chi connectivity index (χ1v) is 14.8. The number of hydrogen-bond acceptors (Lipinski definition) is 2. The molecule has 0 N–H and O–H groups in total. The van der Waals surface area contributed by atoms with Crippen LogP contribution in [0.3, 0.4) is 0 Å². The molecule has 1 aliphatic rings. The van der Waals surface area contributed by atoms with Gasteiger partial charge in [-0.15, -0.1) is 0 Å². The molecule has 0 fully saturated rings. The zero-order chi connectivity index (χ0) is 29.0. The third-order valence-electron chi connectivity index (χ3n) is 8.87. The average molecular weight is 551 g/mol. The lowest BCUT2D eigenvalue weighted by atomic mass is 9.79. The Hall–Kier alpha value is -5.34. The van der Waals surface area contributed by atoms with Crippen LogP contribution in [-0.2, 0) is 5.41 Å². The Balaban J connectivity index is 1.38. The summed E-state index contributed by atoms with van der Waals surface area (Å²) >= 11 is 0. The van der Waals surface area contributed by atoms with Crippen molar-refractivity contribution < 1.29 is 0 Å². The largest absolute Gasteiger partial charge is 0.228 e.